The summed E-state index contributed by atoms with van der Waals surface area (Å²) in [5.74, 6) is -0.611. The van der Waals surface area contributed by atoms with E-state index in [4.69, 9.17) is 4.74 Å². The Balaban J connectivity index is 1.35. The lowest BCUT2D eigenvalue weighted by Gasteiger charge is -2.33. The van der Waals surface area contributed by atoms with Crippen molar-refractivity contribution >= 4 is 11.3 Å². The summed E-state index contributed by atoms with van der Waals surface area (Å²) in [6.45, 7) is 1.92. The SMILES string of the molecule is Cc1csc(O[C@H]2C[C@H](n3nc4n(c3=O)[C@H](c3cc(F)cc(F)c3)CC4)C2)n1. The molecule has 0 N–H and O–H groups in total. The lowest BCUT2D eigenvalue weighted by molar-refractivity contribution is 0.0620. The molecule has 1 saturated carbocycles. The number of rotatable bonds is 4. The summed E-state index contributed by atoms with van der Waals surface area (Å²) in [6, 6.07) is 3.00. The van der Waals surface area contributed by atoms with E-state index in [1.807, 2.05) is 12.3 Å². The fraction of sp³-hybridized carbons (Fsp3) is 0.421. The topological polar surface area (TPSA) is 61.9 Å². The van der Waals surface area contributed by atoms with Crippen LogP contribution in [0.2, 0.25) is 0 Å². The highest BCUT2D eigenvalue weighted by molar-refractivity contribution is 7.11. The number of hydrogen-bond donors (Lipinski definition) is 0. The van der Waals surface area contributed by atoms with E-state index in [9.17, 15) is 13.6 Å². The van der Waals surface area contributed by atoms with Crippen LogP contribution >= 0.6 is 11.3 Å². The van der Waals surface area contributed by atoms with Crippen LogP contribution in [0.25, 0.3) is 0 Å². The predicted molar refractivity (Wildman–Crippen MR) is 98.8 cm³/mol. The summed E-state index contributed by atoms with van der Waals surface area (Å²) < 4.78 is 36.1. The first-order valence-corrected chi connectivity index (χ1v) is 10.1. The molecule has 3 heterocycles. The van der Waals surface area contributed by atoms with Gasteiger partial charge >= 0.3 is 5.69 Å². The highest BCUT2D eigenvalue weighted by Crippen LogP contribution is 2.36. The van der Waals surface area contributed by atoms with Crippen LogP contribution in [0.1, 0.15) is 48.4 Å². The van der Waals surface area contributed by atoms with Crippen molar-refractivity contribution in [1.82, 2.24) is 19.3 Å². The molecule has 2 aliphatic rings. The zero-order valence-corrected chi connectivity index (χ0v) is 16.0. The molecule has 0 bridgehead atoms. The Labute approximate surface area is 163 Å². The van der Waals surface area contributed by atoms with Gasteiger partial charge in [0.25, 0.3) is 5.19 Å². The van der Waals surface area contributed by atoms with E-state index >= 15 is 0 Å². The molecule has 9 heteroatoms. The minimum atomic E-state index is -0.639. The molecule has 0 unspecified atom stereocenters. The van der Waals surface area contributed by atoms with E-state index in [2.05, 4.69) is 10.1 Å². The number of aromatic nitrogens is 4. The molecule has 146 valence electrons. The first-order valence-electron chi connectivity index (χ1n) is 9.22. The molecule has 1 atom stereocenters. The number of ether oxygens (including phenoxy) is 1. The van der Waals surface area contributed by atoms with E-state index in [-0.39, 0.29) is 23.9 Å². The highest BCUT2D eigenvalue weighted by Gasteiger charge is 2.38. The average Bonchev–Trinajstić information content (AvgIpc) is 3.27. The molecular weight excluding hydrogens is 386 g/mol. The van der Waals surface area contributed by atoms with Crippen LogP contribution in [0.15, 0.2) is 28.4 Å². The molecule has 0 spiro atoms. The Morgan fingerprint density at radius 3 is 2.64 bits per heavy atom. The summed E-state index contributed by atoms with van der Waals surface area (Å²) >= 11 is 1.46. The van der Waals surface area contributed by atoms with Gasteiger partial charge in [0.15, 0.2) is 0 Å². The second-order valence-corrected chi connectivity index (χ2v) is 8.21. The van der Waals surface area contributed by atoms with Gasteiger partial charge in [-0.1, -0.05) is 11.3 Å². The molecule has 1 fully saturated rings. The third-order valence-corrected chi connectivity index (χ3v) is 6.26. The summed E-state index contributed by atoms with van der Waals surface area (Å²) in [7, 11) is 0. The molecule has 0 saturated heterocycles. The van der Waals surface area contributed by atoms with Crippen LogP contribution in [-0.4, -0.2) is 25.4 Å². The number of hydrogen-bond acceptors (Lipinski definition) is 5. The Kier molecular flexibility index (Phi) is 4.08. The normalized spacial score (nSPS) is 23.5. The van der Waals surface area contributed by atoms with Gasteiger partial charge in [-0.05, 0) is 31.0 Å². The van der Waals surface area contributed by atoms with Crippen molar-refractivity contribution in [2.24, 2.45) is 0 Å². The maximum Gasteiger partial charge on any atom is 0.346 e. The van der Waals surface area contributed by atoms with E-state index in [0.717, 1.165) is 11.8 Å². The van der Waals surface area contributed by atoms with Crippen molar-refractivity contribution in [3.8, 4) is 5.19 Å². The Morgan fingerprint density at radius 2 is 1.96 bits per heavy atom. The zero-order valence-electron chi connectivity index (χ0n) is 15.1. The number of halogens is 2. The van der Waals surface area contributed by atoms with Crippen molar-refractivity contribution in [2.45, 2.75) is 50.8 Å². The Bertz CT molecular complexity index is 1080. The van der Waals surface area contributed by atoms with E-state index < -0.39 is 11.6 Å². The van der Waals surface area contributed by atoms with Crippen LogP contribution < -0.4 is 10.4 Å². The molecule has 1 aromatic carbocycles. The minimum absolute atomic E-state index is 0.0205. The molecule has 28 heavy (non-hydrogen) atoms. The van der Waals surface area contributed by atoms with Gasteiger partial charge in [-0.2, -0.15) is 5.10 Å². The van der Waals surface area contributed by atoms with Crippen molar-refractivity contribution in [3.63, 3.8) is 0 Å². The molecule has 6 nitrogen and oxygen atoms in total. The number of nitrogens with zero attached hydrogens (tertiary/aromatic N) is 4. The maximum absolute atomic E-state index is 13.6. The third kappa shape index (κ3) is 2.94. The molecule has 2 aromatic heterocycles. The van der Waals surface area contributed by atoms with Crippen molar-refractivity contribution in [1.29, 1.82) is 0 Å². The van der Waals surface area contributed by atoms with Crippen molar-refractivity contribution in [2.75, 3.05) is 0 Å². The molecular formula is C19H18F2N4O2S. The fourth-order valence-electron chi connectivity index (χ4n) is 4.00. The Hall–Kier alpha value is -2.55. The van der Waals surface area contributed by atoms with Gasteiger partial charge in [0.2, 0.25) is 0 Å². The largest absolute Gasteiger partial charge is 0.467 e. The first-order chi connectivity index (χ1) is 13.5. The molecule has 0 radical (unpaired) electrons. The van der Waals surface area contributed by atoms with Gasteiger partial charge in [0.05, 0.1) is 17.8 Å². The highest BCUT2D eigenvalue weighted by atomic mass is 32.1. The summed E-state index contributed by atoms with van der Waals surface area (Å²) in [5.41, 5.74) is 1.17. The first kappa shape index (κ1) is 17.5. The monoisotopic (exact) mass is 404 g/mol. The van der Waals surface area contributed by atoms with Crippen LogP contribution in [0.3, 0.4) is 0 Å². The van der Waals surface area contributed by atoms with E-state index in [1.54, 1.807) is 4.57 Å². The number of thiazole rings is 1. The fourth-order valence-corrected chi connectivity index (χ4v) is 4.71. The van der Waals surface area contributed by atoms with Gasteiger partial charge < -0.3 is 4.74 Å². The molecule has 3 aromatic rings. The predicted octanol–water partition coefficient (Wildman–Crippen LogP) is 3.41. The minimum Gasteiger partial charge on any atom is -0.467 e. The second-order valence-electron chi connectivity index (χ2n) is 7.39. The zero-order chi connectivity index (χ0) is 19.4. The van der Waals surface area contributed by atoms with Gasteiger partial charge in [-0.25, -0.2) is 23.2 Å². The van der Waals surface area contributed by atoms with Crippen LogP contribution in [0.5, 0.6) is 5.19 Å². The van der Waals surface area contributed by atoms with E-state index in [0.29, 0.717) is 42.3 Å². The summed E-state index contributed by atoms with van der Waals surface area (Å²) in [5, 5.41) is 7.07. The standard InChI is InChI=1S/C19H18F2N4O2S/c1-10-9-28-18(22-10)27-15-7-14(8-15)25-19(26)24-16(2-3-17(24)23-25)11-4-12(20)6-13(21)5-11/h4-6,9,14-16H,2-3,7-8H2,1H3/t14-,15-,16-/m0/s1. The van der Waals surface area contributed by atoms with Gasteiger partial charge in [-0.3, -0.25) is 4.57 Å². The van der Waals surface area contributed by atoms with Crippen molar-refractivity contribution < 1.29 is 13.5 Å². The molecule has 1 aliphatic carbocycles. The van der Waals surface area contributed by atoms with Gasteiger partial charge in [0.1, 0.15) is 23.6 Å². The maximum atomic E-state index is 13.6. The van der Waals surface area contributed by atoms with Crippen LogP contribution in [0, 0.1) is 18.6 Å². The second kappa shape index (κ2) is 6.51. The van der Waals surface area contributed by atoms with Crippen molar-refractivity contribution in [3.05, 3.63) is 62.8 Å². The lowest BCUT2D eigenvalue weighted by Crippen LogP contribution is -2.41. The average molecular weight is 404 g/mol. The van der Waals surface area contributed by atoms with Crippen LogP contribution in [-0.2, 0) is 6.42 Å². The molecule has 1 aliphatic heterocycles. The molecule has 5 rings (SSSR count). The lowest BCUT2D eigenvalue weighted by atomic mass is 9.89. The van der Waals surface area contributed by atoms with Gasteiger partial charge in [-0.15, -0.1) is 0 Å². The van der Waals surface area contributed by atoms with Gasteiger partial charge in [0, 0.05) is 30.7 Å². The number of fused-ring (bicyclic) bond motifs is 1. The number of aryl methyl sites for hydroxylation is 2. The Morgan fingerprint density at radius 1 is 1.21 bits per heavy atom. The summed E-state index contributed by atoms with van der Waals surface area (Å²) in [4.78, 5) is 17.2. The number of benzene rings is 1. The van der Waals surface area contributed by atoms with Crippen LogP contribution in [0.4, 0.5) is 8.78 Å². The summed E-state index contributed by atoms with van der Waals surface area (Å²) in [6.07, 6.45) is 2.62. The smallest absolute Gasteiger partial charge is 0.346 e. The third-order valence-electron chi connectivity index (χ3n) is 5.41. The molecule has 0 amide bonds. The van der Waals surface area contributed by atoms with E-state index in [1.165, 1.54) is 28.2 Å². The quantitative estimate of drug-likeness (QED) is 0.669.